The van der Waals surface area contributed by atoms with Crippen molar-refractivity contribution in [1.82, 2.24) is 9.97 Å². The number of carboxylic acids is 1. The van der Waals surface area contributed by atoms with Crippen LogP contribution in [0, 0.1) is 0 Å². The normalized spacial score (nSPS) is 13.6. The predicted octanol–water partition coefficient (Wildman–Crippen LogP) is 4.70. The minimum Gasteiger partial charge on any atom is -0.493 e. The Kier molecular flexibility index (Phi) is 7.44. The molecule has 1 aliphatic heterocycles. The number of carboxylic acid groups (broad SMARTS) is 1. The molecule has 1 atom stereocenters. The van der Waals surface area contributed by atoms with E-state index in [1.165, 1.54) is 16.9 Å². The lowest BCUT2D eigenvalue weighted by Gasteiger charge is -2.17. The summed E-state index contributed by atoms with van der Waals surface area (Å²) in [5.41, 5.74) is 4.23. The molecule has 0 fully saturated rings. The van der Waals surface area contributed by atoms with E-state index in [0.29, 0.717) is 11.5 Å². The van der Waals surface area contributed by atoms with Crippen LogP contribution in [0.15, 0.2) is 35.7 Å². The number of rotatable bonds is 10. The van der Waals surface area contributed by atoms with Gasteiger partial charge in [-0.15, -0.1) is 11.3 Å². The number of thiazole rings is 1. The molecule has 0 unspecified atom stereocenters. The van der Waals surface area contributed by atoms with Crippen molar-refractivity contribution in [3.63, 3.8) is 0 Å². The fourth-order valence-electron chi connectivity index (χ4n) is 4.15. The summed E-state index contributed by atoms with van der Waals surface area (Å²) in [5.74, 6) is 1.02. The van der Waals surface area contributed by atoms with Crippen LogP contribution < -0.4 is 14.8 Å². The molecule has 33 heavy (non-hydrogen) atoms. The van der Waals surface area contributed by atoms with Gasteiger partial charge in [-0.05, 0) is 61.4 Å². The lowest BCUT2D eigenvalue weighted by Crippen LogP contribution is -2.14. The van der Waals surface area contributed by atoms with Crippen LogP contribution in [0.3, 0.4) is 0 Å². The molecule has 3 aromatic rings. The van der Waals surface area contributed by atoms with Crippen molar-refractivity contribution in [1.29, 1.82) is 0 Å². The van der Waals surface area contributed by atoms with Gasteiger partial charge in [-0.2, -0.15) is 0 Å². The van der Waals surface area contributed by atoms with E-state index in [9.17, 15) is 9.90 Å². The maximum absolute atomic E-state index is 11.6. The number of aryl methyl sites for hydroxylation is 3. The third-order valence-corrected chi connectivity index (χ3v) is 6.88. The lowest BCUT2D eigenvalue weighted by molar-refractivity contribution is -0.137. The van der Waals surface area contributed by atoms with Crippen LogP contribution in [0.4, 0.5) is 5.82 Å². The number of carbonyl (C=O) groups is 1. The number of methoxy groups -OCH3 is 2. The number of hydrogen-bond acceptors (Lipinski definition) is 7. The highest BCUT2D eigenvalue weighted by atomic mass is 32.1. The molecule has 0 aliphatic carbocycles. The molecule has 3 heterocycles. The van der Waals surface area contributed by atoms with Crippen molar-refractivity contribution in [2.24, 2.45) is 0 Å². The second kappa shape index (κ2) is 10.7. The molecule has 7 nitrogen and oxygen atoms in total. The zero-order chi connectivity index (χ0) is 23.2. The van der Waals surface area contributed by atoms with Crippen LogP contribution in [0.2, 0.25) is 0 Å². The van der Waals surface area contributed by atoms with Gasteiger partial charge >= 0.3 is 5.97 Å². The fraction of sp³-hybridized carbons (Fsp3) is 0.400. The van der Waals surface area contributed by atoms with Crippen molar-refractivity contribution >= 4 is 23.1 Å². The topological polar surface area (TPSA) is 93.6 Å². The Bertz CT molecular complexity index is 1110. The number of aromatic nitrogens is 2. The Morgan fingerprint density at radius 3 is 2.73 bits per heavy atom. The molecule has 8 heteroatoms. The monoisotopic (exact) mass is 467 g/mol. The molecule has 0 spiro atoms. The quantitative estimate of drug-likeness (QED) is 0.446. The number of nitrogens with zero attached hydrogens (tertiary/aromatic N) is 2. The number of fused-ring (bicyclic) bond motifs is 1. The van der Waals surface area contributed by atoms with Crippen molar-refractivity contribution < 1.29 is 19.4 Å². The highest BCUT2D eigenvalue weighted by Crippen LogP contribution is 2.36. The summed E-state index contributed by atoms with van der Waals surface area (Å²) >= 11 is 1.51. The van der Waals surface area contributed by atoms with Gasteiger partial charge in [0.25, 0.3) is 0 Å². The number of aliphatic carboxylic acids is 1. The largest absolute Gasteiger partial charge is 0.493 e. The van der Waals surface area contributed by atoms with Gasteiger partial charge in [0.1, 0.15) is 10.8 Å². The summed E-state index contributed by atoms with van der Waals surface area (Å²) < 4.78 is 10.7. The molecular formula is C25H29N3O4S. The first-order chi connectivity index (χ1) is 16.1. The van der Waals surface area contributed by atoms with E-state index in [2.05, 4.69) is 17.4 Å². The lowest BCUT2D eigenvalue weighted by atomic mass is 9.96. The molecule has 2 aromatic heterocycles. The van der Waals surface area contributed by atoms with Crippen LogP contribution in [0.25, 0.3) is 0 Å². The number of ether oxygens (including phenoxy) is 2. The summed E-state index contributed by atoms with van der Waals surface area (Å²) in [6, 6.07) is 9.83. The van der Waals surface area contributed by atoms with Gasteiger partial charge < -0.3 is 19.9 Å². The highest BCUT2D eigenvalue weighted by molar-refractivity contribution is 7.09. The summed E-state index contributed by atoms with van der Waals surface area (Å²) in [6.45, 7) is 0.989. The first-order valence-electron chi connectivity index (χ1n) is 11.2. The van der Waals surface area contributed by atoms with E-state index < -0.39 is 5.97 Å². The van der Waals surface area contributed by atoms with Crippen LogP contribution in [0.1, 0.15) is 52.7 Å². The molecule has 2 N–H and O–H groups in total. The molecule has 174 valence electrons. The van der Waals surface area contributed by atoms with Gasteiger partial charge in [-0.25, -0.2) is 9.97 Å². The third kappa shape index (κ3) is 5.63. The van der Waals surface area contributed by atoms with Gasteiger partial charge in [-0.1, -0.05) is 12.1 Å². The summed E-state index contributed by atoms with van der Waals surface area (Å²) in [6.07, 6.45) is 4.87. The van der Waals surface area contributed by atoms with E-state index in [1.54, 1.807) is 20.3 Å². The van der Waals surface area contributed by atoms with Crippen LogP contribution in [-0.4, -0.2) is 41.8 Å². The van der Waals surface area contributed by atoms with E-state index in [1.807, 2.05) is 17.5 Å². The molecule has 0 saturated carbocycles. The van der Waals surface area contributed by atoms with Gasteiger partial charge in [0.2, 0.25) is 0 Å². The average Bonchev–Trinajstić information content (AvgIpc) is 3.30. The van der Waals surface area contributed by atoms with Crippen molar-refractivity contribution in [2.45, 2.75) is 44.4 Å². The smallest absolute Gasteiger partial charge is 0.304 e. The maximum atomic E-state index is 11.6. The fourth-order valence-corrected chi connectivity index (χ4v) is 5.13. The Morgan fingerprint density at radius 1 is 1.12 bits per heavy atom. The van der Waals surface area contributed by atoms with E-state index in [4.69, 9.17) is 19.4 Å². The van der Waals surface area contributed by atoms with Crippen LogP contribution in [-0.2, 0) is 24.1 Å². The molecule has 4 rings (SSSR count). The minimum absolute atomic E-state index is 0.0333. The minimum atomic E-state index is -0.862. The molecule has 1 aliphatic rings. The Labute approximate surface area is 197 Å². The number of anilines is 1. The second-order valence-electron chi connectivity index (χ2n) is 8.14. The molecule has 0 saturated heterocycles. The molecule has 1 aromatic carbocycles. The van der Waals surface area contributed by atoms with E-state index in [0.717, 1.165) is 66.4 Å². The predicted molar refractivity (Wildman–Crippen MR) is 129 cm³/mol. The number of pyridine rings is 1. The zero-order valence-electron chi connectivity index (χ0n) is 19.0. The third-order valence-electron chi connectivity index (χ3n) is 5.87. The number of hydrogen-bond donors (Lipinski definition) is 2. The molecule has 0 radical (unpaired) electrons. The summed E-state index contributed by atoms with van der Waals surface area (Å²) in [4.78, 5) is 21.1. The van der Waals surface area contributed by atoms with Gasteiger partial charge in [0.05, 0.1) is 26.3 Å². The van der Waals surface area contributed by atoms with Crippen molar-refractivity contribution in [3.05, 3.63) is 63.2 Å². The van der Waals surface area contributed by atoms with Gasteiger partial charge in [0, 0.05) is 23.5 Å². The average molecular weight is 468 g/mol. The highest BCUT2D eigenvalue weighted by Gasteiger charge is 2.23. The van der Waals surface area contributed by atoms with Gasteiger partial charge in [-0.3, -0.25) is 4.79 Å². The number of benzene rings is 1. The Balaban J connectivity index is 1.44. The maximum Gasteiger partial charge on any atom is 0.304 e. The summed E-state index contributed by atoms with van der Waals surface area (Å²) in [5, 5.41) is 15.7. The molecule has 0 amide bonds. The summed E-state index contributed by atoms with van der Waals surface area (Å²) in [7, 11) is 3.15. The van der Waals surface area contributed by atoms with E-state index in [-0.39, 0.29) is 12.3 Å². The van der Waals surface area contributed by atoms with Crippen molar-refractivity contribution in [2.75, 3.05) is 26.1 Å². The van der Waals surface area contributed by atoms with Crippen LogP contribution >= 0.6 is 11.3 Å². The number of nitrogens with one attached hydrogen (secondary N) is 1. The first kappa shape index (κ1) is 23.0. The first-order valence-corrected chi connectivity index (χ1v) is 12.1. The Morgan fingerprint density at radius 2 is 1.94 bits per heavy atom. The van der Waals surface area contributed by atoms with E-state index >= 15 is 0 Å². The van der Waals surface area contributed by atoms with Gasteiger partial charge in [0.15, 0.2) is 11.5 Å². The zero-order valence-corrected chi connectivity index (χ0v) is 19.8. The standard InChI is InChI=1S/C25H29N3O4S/c1-31-21-11-9-17(13-22(21)32-2)20(14-23(29)30)25-28-19(15-33-25)7-3-6-18-10-8-16-5-4-12-26-24(16)27-18/h8-11,13,15,20H,3-7,12,14H2,1-2H3,(H,26,27)(H,29,30)/t20-/m0/s1. The van der Waals surface area contributed by atoms with Crippen LogP contribution in [0.5, 0.6) is 11.5 Å². The Hall–Kier alpha value is -3.13. The second-order valence-corrected chi connectivity index (χ2v) is 9.03. The van der Waals surface area contributed by atoms with Crippen molar-refractivity contribution in [3.8, 4) is 11.5 Å². The molecule has 0 bridgehead atoms. The SMILES string of the molecule is COc1ccc([C@H](CC(=O)O)c2nc(CCCc3ccc4c(n3)NCCC4)cs2)cc1OC. The molecular weight excluding hydrogens is 438 g/mol.